The van der Waals surface area contributed by atoms with E-state index in [9.17, 15) is 9.59 Å². The molecule has 2 amide bonds. The molecule has 4 rings (SSSR count). The minimum absolute atomic E-state index is 0.0343. The molecule has 1 saturated carbocycles. The minimum atomic E-state index is 0.0343. The third-order valence-electron chi connectivity index (χ3n) is 6.84. The molecule has 1 aliphatic carbocycles. The standard InChI is InChI=1S/C21H30N4O2/c1-2-18-22-13-16(14-23-18)20(27)24-11-9-21(10-12-24)8-7-19(26)25(15-21)17-5-3-4-6-17/h13-14,17H,2-12,15H2,1H3. The van der Waals surface area contributed by atoms with Crippen LogP contribution in [0.3, 0.4) is 0 Å². The summed E-state index contributed by atoms with van der Waals surface area (Å²) in [6.07, 6.45) is 12.6. The molecule has 1 spiro atoms. The zero-order valence-corrected chi connectivity index (χ0v) is 16.3. The Kier molecular flexibility index (Phi) is 5.15. The van der Waals surface area contributed by atoms with Crippen LogP contribution < -0.4 is 0 Å². The van der Waals surface area contributed by atoms with Gasteiger partial charge in [-0.2, -0.15) is 0 Å². The first-order valence-corrected chi connectivity index (χ1v) is 10.5. The van der Waals surface area contributed by atoms with E-state index in [0.717, 1.165) is 51.1 Å². The number of hydrogen-bond acceptors (Lipinski definition) is 4. The SMILES string of the molecule is CCc1ncc(C(=O)N2CCC3(CCC(=O)N(C4CCCC4)C3)CC2)cn1. The summed E-state index contributed by atoms with van der Waals surface area (Å²) in [7, 11) is 0. The molecule has 2 aliphatic heterocycles. The number of aryl methyl sites for hydroxylation is 1. The number of carbonyl (C=O) groups excluding carboxylic acids is 2. The fraction of sp³-hybridized carbons (Fsp3) is 0.714. The van der Waals surface area contributed by atoms with Gasteiger partial charge in [-0.15, -0.1) is 0 Å². The molecule has 3 heterocycles. The number of nitrogens with zero attached hydrogens (tertiary/aromatic N) is 4. The second-order valence-electron chi connectivity index (χ2n) is 8.49. The van der Waals surface area contributed by atoms with E-state index < -0.39 is 0 Å². The van der Waals surface area contributed by atoms with Gasteiger partial charge < -0.3 is 9.80 Å². The second-order valence-corrected chi connectivity index (χ2v) is 8.49. The van der Waals surface area contributed by atoms with Gasteiger partial charge in [0.05, 0.1) is 5.56 Å². The molecule has 6 nitrogen and oxygen atoms in total. The van der Waals surface area contributed by atoms with Crippen molar-refractivity contribution in [2.75, 3.05) is 19.6 Å². The van der Waals surface area contributed by atoms with Crippen molar-refractivity contribution in [3.05, 3.63) is 23.8 Å². The molecule has 0 aromatic carbocycles. The first kappa shape index (κ1) is 18.4. The Morgan fingerprint density at radius 2 is 1.81 bits per heavy atom. The molecule has 27 heavy (non-hydrogen) atoms. The number of piperidine rings is 2. The van der Waals surface area contributed by atoms with Gasteiger partial charge in [0.1, 0.15) is 5.82 Å². The molecule has 0 unspecified atom stereocenters. The first-order valence-electron chi connectivity index (χ1n) is 10.5. The first-order chi connectivity index (χ1) is 13.1. The van der Waals surface area contributed by atoms with Crippen molar-refractivity contribution < 1.29 is 9.59 Å². The Bertz CT molecular complexity index is 689. The maximum atomic E-state index is 12.8. The van der Waals surface area contributed by atoms with Crippen LogP contribution in [0.25, 0.3) is 0 Å². The number of rotatable bonds is 3. The second kappa shape index (κ2) is 7.56. The quantitative estimate of drug-likeness (QED) is 0.821. The number of likely N-dealkylation sites (tertiary alicyclic amines) is 2. The maximum Gasteiger partial charge on any atom is 0.256 e. The minimum Gasteiger partial charge on any atom is -0.339 e. The average molecular weight is 370 g/mol. The molecule has 0 atom stereocenters. The van der Waals surface area contributed by atoms with Gasteiger partial charge in [0.2, 0.25) is 5.91 Å². The highest BCUT2D eigenvalue weighted by Gasteiger charge is 2.43. The zero-order valence-electron chi connectivity index (χ0n) is 16.3. The normalized spacial score (nSPS) is 23.2. The van der Waals surface area contributed by atoms with Crippen molar-refractivity contribution >= 4 is 11.8 Å². The molecule has 3 fully saturated rings. The van der Waals surface area contributed by atoms with E-state index in [4.69, 9.17) is 0 Å². The van der Waals surface area contributed by atoms with Crippen molar-refractivity contribution in [3.63, 3.8) is 0 Å². The molecule has 0 bridgehead atoms. The summed E-state index contributed by atoms with van der Waals surface area (Å²) in [5, 5.41) is 0. The van der Waals surface area contributed by atoms with Gasteiger partial charge in [0, 0.05) is 50.9 Å². The molecular formula is C21H30N4O2. The van der Waals surface area contributed by atoms with Gasteiger partial charge >= 0.3 is 0 Å². The molecule has 6 heteroatoms. The highest BCUT2D eigenvalue weighted by Crippen LogP contribution is 2.42. The Morgan fingerprint density at radius 3 is 2.44 bits per heavy atom. The monoisotopic (exact) mass is 370 g/mol. The van der Waals surface area contributed by atoms with Crippen molar-refractivity contribution in [1.82, 2.24) is 19.8 Å². The van der Waals surface area contributed by atoms with Crippen LogP contribution in [-0.2, 0) is 11.2 Å². The van der Waals surface area contributed by atoms with E-state index in [-0.39, 0.29) is 11.3 Å². The number of carbonyl (C=O) groups is 2. The molecule has 1 aromatic heterocycles. The van der Waals surface area contributed by atoms with Crippen molar-refractivity contribution in [3.8, 4) is 0 Å². The van der Waals surface area contributed by atoms with Gasteiger partial charge in [-0.1, -0.05) is 19.8 Å². The number of amides is 2. The van der Waals surface area contributed by atoms with Gasteiger partial charge in [0.15, 0.2) is 0 Å². The van der Waals surface area contributed by atoms with Crippen LogP contribution in [0, 0.1) is 5.41 Å². The van der Waals surface area contributed by atoms with Crippen LogP contribution in [0.1, 0.15) is 74.5 Å². The molecule has 3 aliphatic rings. The Morgan fingerprint density at radius 1 is 1.15 bits per heavy atom. The third-order valence-corrected chi connectivity index (χ3v) is 6.84. The Balaban J connectivity index is 1.38. The van der Waals surface area contributed by atoms with Gasteiger partial charge in [0.25, 0.3) is 5.91 Å². The summed E-state index contributed by atoms with van der Waals surface area (Å²) in [6.45, 7) is 4.43. The Labute approximate surface area is 161 Å². The van der Waals surface area contributed by atoms with Gasteiger partial charge in [-0.05, 0) is 37.5 Å². The molecular weight excluding hydrogens is 340 g/mol. The van der Waals surface area contributed by atoms with Crippen LogP contribution in [0.5, 0.6) is 0 Å². The van der Waals surface area contributed by atoms with Crippen molar-refractivity contribution in [2.45, 2.75) is 70.8 Å². The summed E-state index contributed by atoms with van der Waals surface area (Å²) >= 11 is 0. The summed E-state index contributed by atoms with van der Waals surface area (Å²) in [5.41, 5.74) is 0.783. The number of aromatic nitrogens is 2. The molecule has 2 saturated heterocycles. The van der Waals surface area contributed by atoms with Crippen LogP contribution >= 0.6 is 0 Å². The lowest BCUT2D eigenvalue weighted by Gasteiger charge is -2.49. The van der Waals surface area contributed by atoms with Gasteiger partial charge in [-0.3, -0.25) is 9.59 Å². The van der Waals surface area contributed by atoms with E-state index >= 15 is 0 Å². The fourth-order valence-corrected chi connectivity index (χ4v) is 5.02. The molecule has 0 N–H and O–H groups in total. The lowest BCUT2D eigenvalue weighted by atomic mass is 9.72. The zero-order chi connectivity index (χ0) is 18.9. The van der Waals surface area contributed by atoms with Crippen LogP contribution in [0.15, 0.2) is 12.4 Å². The topological polar surface area (TPSA) is 66.4 Å². The summed E-state index contributed by atoms with van der Waals surface area (Å²) < 4.78 is 0. The van der Waals surface area contributed by atoms with E-state index in [1.165, 1.54) is 25.7 Å². The Hall–Kier alpha value is -1.98. The van der Waals surface area contributed by atoms with Crippen molar-refractivity contribution in [1.29, 1.82) is 0 Å². The van der Waals surface area contributed by atoms with Crippen molar-refractivity contribution in [2.24, 2.45) is 5.41 Å². The predicted octanol–water partition coefficient (Wildman–Crippen LogP) is 2.83. The van der Waals surface area contributed by atoms with E-state index in [1.807, 2.05) is 11.8 Å². The highest BCUT2D eigenvalue weighted by atomic mass is 16.2. The maximum absolute atomic E-state index is 12.8. The van der Waals surface area contributed by atoms with E-state index in [2.05, 4.69) is 14.9 Å². The smallest absolute Gasteiger partial charge is 0.256 e. The van der Waals surface area contributed by atoms with Gasteiger partial charge in [-0.25, -0.2) is 9.97 Å². The average Bonchev–Trinajstić information content (AvgIpc) is 3.25. The molecule has 0 radical (unpaired) electrons. The molecule has 1 aromatic rings. The number of hydrogen-bond donors (Lipinski definition) is 0. The van der Waals surface area contributed by atoms with E-state index in [0.29, 0.717) is 23.9 Å². The lowest BCUT2D eigenvalue weighted by Crippen LogP contribution is -2.54. The fourth-order valence-electron chi connectivity index (χ4n) is 5.02. The summed E-state index contributed by atoms with van der Waals surface area (Å²) in [5.74, 6) is 1.15. The lowest BCUT2D eigenvalue weighted by molar-refractivity contribution is -0.142. The summed E-state index contributed by atoms with van der Waals surface area (Å²) in [6, 6.07) is 0.462. The van der Waals surface area contributed by atoms with Crippen LogP contribution in [-0.4, -0.2) is 57.3 Å². The highest BCUT2D eigenvalue weighted by molar-refractivity contribution is 5.93. The largest absolute Gasteiger partial charge is 0.339 e. The van der Waals surface area contributed by atoms with Crippen LogP contribution in [0.2, 0.25) is 0 Å². The molecule has 146 valence electrons. The van der Waals surface area contributed by atoms with Crippen LogP contribution in [0.4, 0.5) is 0 Å². The third kappa shape index (κ3) is 3.71. The summed E-state index contributed by atoms with van der Waals surface area (Å²) in [4.78, 5) is 37.9. The van der Waals surface area contributed by atoms with E-state index in [1.54, 1.807) is 12.4 Å². The predicted molar refractivity (Wildman–Crippen MR) is 102 cm³/mol.